The summed E-state index contributed by atoms with van der Waals surface area (Å²) < 4.78 is 36.5. The number of hydrogen-bond acceptors (Lipinski definition) is 6. The minimum atomic E-state index is -4.41. The molecule has 2 N–H and O–H groups in total. The molecule has 10 heteroatoms. The number of aryl methyl sites for hydroxylation is 1. The summed E-state index contributed by atoms with van der Waals surface area (Å²) in [7, 11) is 0. The van der Waals surface area contributed by atoms with Crippen LogP contribution in [-0.4, -0.2) is 34.6 Å². The highest BCUT2D eigenvalue weighted by molar-refractivity contribution is 8.01. The minimum absolute atomic E-state index is 0.145. The number of nitrogens with zero attached hydrogens (tertiary/aromatic N) is 2. The van der Waals surface area contributed by atoms with E-state index in [0.717, 1.165) is 28.6 Å². The molecule has 0 aliphatic heterocycles. The number of alkyl halides is 3. The van der Waals surface area contributed by atoms with Crippen LogP contribution in [0.15, 0.2) is 22.5 Å². The summed E-state index contributed by atoms with van der Waals surface area (Å²) in [4.78, 5) is 11.4. The molecule has 1 aromatic carbocycles. The molecule has 0 atom stereocenters. The monoisotopic (exact) mass is 376 g/mol. The Morgan fingerprint density at radius 2 is 2.04 bits per heavy atom. The van der Waals surface area contributed by atoms with Crippen LogP contribution >= 0.6 is 23.1 Å². The molecular formula is C14H15F3N4OS2. The van der Waals surface area contributed by atoms with E-state index in [-0.39, 0.29) is 5.75 Å². The van der Waals surface area contributed by atoms with Crippen molar-refractivity contribution >= 4 is 39.8 Å². The second-order valence-corrected chi connectivity index (χ2v) is 7.13. The van der Waals surface area contributed by atoms with Crippen molar-refractivity contribution in [3.63, 3.8) is 0 Å². The molecule has 2 aromatic rings. The fourth-order valence-electron chi connectivity index (χ4n) is 1.70. The Morgan fingerprint density at radius 3 is 2.75 bits per heavy atom. The smallest absolute Gasteiger partial charge is 0.346 e. The summed E-state index contributed by atoms with van der Waals surface area (Å²) in [6.07, 6.45) is -4.41. The predicted octanol–water partition coefficient (Wildman–Crippen LogP) is 3.67. The van der Waals surface area contributed by atoms with Crippen molar-refractivity contribution in [1.82, 2.24) is 15.5 Å². The average molecular weight is 376 g/mol. The van der Waals surface area contributed by atoms with Crippen LogP contribution in [0.4, 0.5) is 24.0 Å². The summed E-state index contributed by atoms with van der Waals surface area (Å²) in [5.41, 5.74) is 3.14. The third kappa shape index (κ3) is 5.68. The van der Waals surface area contributed by atoms with Gasteiger partial charge in [-0.05, 0) is 31.0 Å². The van der Waals surface area contributed by atoms with Crippen LogP contribution in [0.25, 0.3) is 0 Å². The summed E-state index contributed by atoms with van der Waals surface area (Å²) >= 11 is 2.28. The normalized spacial score (nSPS) is 11.4. The Morgan fingerprint density at radius 1 is 1.29 bits per heavy atom. The molecule has 1 aromatic heterocycles. The summed E-state index contributed by atoms with van der Waals surface area (Å²) in [5.74, 6) is -0.842. The van der Waals surface area contributed by atoms with Crippen LogP contribution < -0.4 is 10.6 Å². The van der Waals surface area contributed by atoms with E-state index in [9.17, 15) is 18.0 Å². The largest absolute Gasteiger partial charge is 0.405 e. The summed E-state index contributed by atoms with van der Waals surface area (Å²) in [6.45, 7) is 2.66. The molecule has 0 bridgehead atoms. The van der Waals surface area contributed by atoms with E-state index in [1.165, 1.54) is 11.3 Å². The van der Waals surface area contributed by atoms with E-state index in [0.29, 0.717) is 9.47 Å². The lowest BCUT2D eigenvalue weighted by molar-refractivity contribution is -0.136. The lowest BCUT2D eigenvalue weighted by atomic mass is 10.1. The lowest BCUT2D eigenvalue weighted by Crippen LogP contribution is -2.34. The summed E-state index contributed by atoms with van der Waals surface area (Å²) in [6, 6.07) is 5.84. The van der Waals surface area contributed by atoms with Gasteiger partial charge in [0.25, 0.3) is 0 Å². The van der Waals surface area contributed by atoms with Gasteiger partial charge in [-0.2, -0.15) is 13.2 Å². The van der Waals surface area contributed by atoms with Gasteiger partial charge in [-0.25, -0.2) is 0 Å². The maximum Gasteiger partial charge on any atom is 0.405 e. The van der Waals surface area contributed by atoms with E-state index >= 15 is 0 Å². The molecule has 0 aliphatic rings. The first-order valence-electron chi connectivity index (χ1n) is 6.87. The molecule has 0 spiro atoms. The molecular weight excluding hydrogens is 361 g/mol. The van der Waals surface area contributed by atoms with Crippen molar-refractivity contribution in [2.45, 2.75) is 24.4 Å². The van der Waals surface area contributed by atoms with Gasteiger partial charge in [-0.1, -0.05) is 35.2 Å². The van der Waals surface area contributed by atoms with Gasteiger partial charge in [-0.3, -0.25) is 4.79 Å². The van der Waals surface area contributed by atoms with Crippen LogP contribution in [-0.2, 0) is 4.79 Å². The van der Waals surface area contributed by atoms with E-state index in [1.807, 2.05) is 37.4 Å². The highest BCUT2D eigenvalue weighted by Crippen LogP contribution is 2.29. The number of halogens is 3. The molecule has 0 fully saturated rings. The zero-order chi connectivity index (χ0) is 17.7. The molecule has 2 rings (SSSR count). The SMILES string of the molecule is Cc1cccc(Nc2nnc(SCC(=O)NCC(F)(F)F)s2)c1C. The average Bonchev–Trinajstić information content (AvgIpc) is 2.95. The number of aromatic nitrogens is 2. The fraction of sp³-hybridized carbons (Fsp3) is 0.357. The predicted molar refractivity (Wildman–Crippen MR) is 88.9 cm³/mol. The first kappa shape index (κ1) is 18.5. The molecule has 0 radical (unpaired) electrons. The molecule has 0 saturated heterocycles. The standard InChI is InChI=1S/C14H15F3N4OS2/c1-8-4-3-5-10(9(8)2)19-12-20-21-13(24-12)23-6-11(22)18-7-14(15,16)17/h3-5H,6-7H2,1-2H3,(H,18,22)(H,19,20). The molecule has 1 amide bonds. The number of amides is 1. The van der Waals surface area contributed by atoms with E-state index < -0.39 is 18.6 Å². The Balaban J connectivity index is 1.87. The summed E-state index contributed by atoms with van der Waals surface area (Å²) in [5, 5.41) is 13.4. The zero-order valence-corrected chi connectivity index (χ0v) is 14.5. The number of anilines is 2. The fourth-order valence-corrected chi connectivity index (χ4v) is 3.29. The number of hydrogen-bond donors (Lipinski definition) is 2. The van der Waals surface area contributed by atoms with Crippen molar-refractivity contribution < 1.29 is 18.0 Å². The maximum absolute atomic E-state index is 12.0. The van der Waals surface area contributed by atoms with Crippen LogP contribution in [0.5, 0.6) is 0 Å². The molecule has 0 aliphatic carbocycles. The van der Waals surface area contributed by atoms with Gasteiger partial charge in [0.15, 0.2) is 4.34 Å². The Bertz CT molecular complexity index is 718. The van der Waals surface area contributed by atoms with E-state index in [2.05, 4.69) is 15.5 Å². The topological polar surface area (TPSA) is 66.9 Å². The Kier molecular flexibility index (Phi) is 6.05. The van der Waals surface area contributed by atoms with Crippen molar-refractivity contribution in [2.75, 3.05) is 17.6 Å². The third-order valence-electron chi connectivity index (χ3n) is 3.07. The van der Waals surface area contributed by atoms with Gasteiger partial charge < -0.3 is 10.6 Å². The molecule has 1 heterocycles. The zero-order valence-electron chi connectivity index (χ0n) is 12.9. The van der Waals surface area contributed by atoms with Crippen LogP contribution in [0.2, 0.25) is 0 Å². The highest BCUT2D eigenvalue weighted by Gasteiger charge is 2.27. The van der Waals surface area contributed by atoms with Crippen LogP contribution in [0.1, 0.15) is 11.1 Å². The third-order valence-corrected chi connectivity index (χ3v) is 5.04. The second kappa shape index (κ2) is 7.84. The van der Waals surface area contributed by atoms with Gasteiger partial charge in [0.1, 0.15) is 6.54 Å². The molecule has 5 nitrogen and oxygen atoms in total. The van der Waals surface area contributed by atoms with Crippen molar-refractivity contribution in [1.29, 1.82) is 0 Å². The first-order valence-corrected chi connectivity index (χ1v) is 8.68. The highest BCUT2D eigenvalue weighted by atomic mass is 32.2. The lowest BCUT2D eigenvalue weighted by Gasteiger charge is -2.08. The molecule has 130 valence electrons. The van der Waals surface area contributed by atoms with Gasteiger partial charge in [0.05, 0.1) is 5.75 Å². The van der Waals surface area contributed by atoms with Gasteiger partial charge >= 0.3 is 6.18 Å². The molecule has 24 heavy (non-hydrogen) atoms. The number of carbonyl (C=O) groups excluding carboxylic acids is 1. The molecule has 0 unspecified atom stereocenters. The Labute approximate surface area is 145 Å². The van der Waals surface area contributed by atoms with Crippen LogP contribution in [0, 0.1) is 13.8 Å². The number of benzene rings is 1. The maximum atomic E-state index is 12.0. The number of rotatable bonds is 6. The van der Waals surface area contributed by atoms with Crippen molar-refractivity contribution in [3.05, 3.63) is 29.3 Å². The Hall–Kier alpha value is -1.81. The number of thioether (sulfide) groups is 1. The quantitative estimate of drug-likeness (QED) is 0.753. The second-order valence-electron chi connectivity index (χ2n) is 4.93. The van der Waals surface area contributed by atoms with Crippen molar-refractivity contribution in [3.8, 4) is 0 Å². The molecule has 0 saturated carbocycles. The van der Waals surface area contributed by atoms with Crippen LogP contribution in [0.3, 0.4) is 0 Å². The van der Waals surface area contributed by atoms with Gasteiger partial charge in [0.2, 0.25) is 11.0 Å². The first-order chi connectivity index (χ1) is 11.2. The van der Waals surface area contributed by atoms with Gasteiger partial charge in [-0.15, -0.1) is 10.2 Å². The van der Waals surface area contributed by atoms with Gasteiger partial charge in [0, 0.05) is 5.69 Å². The number of nitrogens with one attached hydrogen (secondary N) is 2. The number of carbonyl (C=O) groups is 1. The van der Waals surface area contributed by atoms with E-state index in [4.69, 9.17) is 0 Å². The minimum Gasteiger partial charge on any atom is -0.346 e. The van der Waals surface area contributed by atoms with E-state index in [1.54, 1.807) is 0 Å². The van der Waals surface area contributed by atoms with Crippen molar-refractivity contribution in [2.24, 2.45) is 0 Å².